The van der Waals surface area contributed by atoms with Gasteiger partial charge in [0.05, 0.1) is 6.61 Å². The normalized spacial score (nSPS) is 22.2. The molecule has 1 aliphatic rings. The smallest absolute Gasteiger partial charge is 0.323 e. The predicted octanol–water partition coefficient (Wildman–Crippen LogP) is 2.18. The molecule has 4 nitrogen and oxygen atoms in total. The van der Waals surface area contributed by atoms with E-state index < -0.39 is 0 Å². The Morgan fingerprint density at radius 3 is 2.79 bits per heavy atom. The number of nitrogens with one attached hydrogen (secondary N) is 1. The van der Waals surface area contributed by atoms with Crippen LogP contribution in [0.3, 0.4) is 0 Å². The number of carbonyl (C=O) groups excluding carboxylic acids is 1. The zero-order valence-electron chi connectivity index (χ0n) is 12.8. The average molecular weight is 270 g/mol. The summed E-state index contributed by atoms with van der Waals surface area (Å²) in [5.41, 5.74) is 0. The number of ether oxygens (including phenoxy) is 1. The molecule has 0 saturated carbocycles. The Hall–Kier alpha value is -0.610. The molecule has 1 fully saturated rings. The van der Waals surface area contributed by atoms with Crippen LogP contribution in [0.1, 0.15) is 52.9 Å². The Labute approximate surface area is 117 Å². The quantitative estimate of drug-likeness (QED) is 0.686. The van der Waals surface area contributed by atoms with Crippen molar-refractivity contribution in [1.82, 2.24) is 10.2 Å². The molecule has 0 aliphatic carbocycles. The molecule has 4 heteroatoms. The van der Waals surface area contributed by atoms with Crippen molar-refractivity contribution < 1.29 is 9.53 Å². The van der Waals surface area contributed by atoms with E-state index in [0.717, 1.165) is 32.5 Å². The largest absolute Gasteiger partial charge is 0.465 e. The van der Waals surface area contributed by atoms with E-state index in [1.807, 2.05) is 6.92 Å². The highest BCUT2D eigenvalue weighted by molar-refractivity contribution is 5.75. The molecule has 112 valence electrons. The Kier molecular flexibility index (Phi) is 8.07. The summed E-state index contributed by atoms with van der Waals surface area (Å²) in [5.74, 6) is -0.0345. The van der Waals surface area contributed by atoms with E-state index in [-0.39, 0.29) is 12.0 Å². The van der Waals surface area contributed by atoms with Gasteiger partial charge < -0.3 is 10.1 Å². The van der Waals surface area contributed by atoms with Crippen LogP contribution < -0.4 is 5.32 Å². The summed E-state index contributed by atoms with van der Waals surface area (Å²) in [6.45, 7) is 9.62. The predicted molar refractivity (Wildman–Crippen MR) is 78.2 cm³/mol. The van der Waals surface area contributed by atoms with Crippen LogP contribution in [-0.4, -0.2) is 49.2 Å². The summed E-state index contributed by atoms with van der Waals surface area (Å²) in [6.07, 6.45) is 5.58. The molecular weight excluding hydrogens is 240 g/mol. The third kappa shape index (κ3) is 5.11. The second-order valence-electron chi connectivity index (χ2n) is 5.25. The van der Waals surface area contributed by atoms with Gasteiger partial charge in [-0.05, 0) is 39.3 Å². The van der Waals surface area contributed by atoms with Gasteiger partial charge in [-0.1, -0.05) is 26.7 Å². The van der Waals surface area contributed by atoms with Gasteiger partial charge in [0.2, 0.25) is 0 Å². The average Bonchev–Trinajstić information content (AvgIpc) is 2.43. The molecule has 0 aromatic rings. The molecule has 1 heterocycles. The second-order valence-corrected chi connectivity index (χ2v) is 5.25. The molecule has 2 unspecified atom stereocenters. The SMILES string of the molecule is CCCC(C(=O)OCC)N1CCCCC1CNCC. The third-order valence-corrected chi connectivity index (χ3v) is 3.82. The van der Waals surface area contributed by atoms with Crippen LogP contribution in [0.5, 0.6) is 0 Å². The molecule has 1 rings (SSSR count). The fourth-order valence-corrected chi connectivity index (χ4v) is 2.89. The number of rotatable bonds is 8. The molecule has 0 amide bonds. The van der Waals surface area contributed by atoms with Crippen molar-refractivity contribution in [2.24, 2.45) is 0 Å². The number of nitrogens with zero attached hydrogens (tertiary/aromatic N) is 1. The van der Waals surface area contributed by atoms with Crippen molar-refractivity contribution in [1.29, 1.82) is 0 Å². The molecule has 0 radical (unpaired) electrons. The molecule has 0 spiro atoms. The molecule has 0 bridgehead atoms. The van der Waals surface area contributed by atoms with Crippen molar-refractivity contribution in [3.8, 4) is 0 Å². The lowest BCUT2D eigenvalue weighted by Gasteiger charge is -2.40. The lowest BCUT2D eigenvalue weighted by Crippen LogP contribution is -2.53. The van der Waals surface area contributed by atoms with Crippen molar-refractivity contribution in [3.05, 3.63) is 0 Å². The highest BCUT2D eigenvalue weighted by Crippen LogP contribution is 2.22. The zero-order chi connectivity index (χ0) is 14.1. The van der Waals surface area contributed by atoms with Crippen LogP contribution in [0.2, 0.25) is 0 Å². The van der Waals surface area contributed by atoms with E-state index in [1.165, 1.54) is 19.3 Å². The van der Waals surface area contributed by atoms with E-state index in [9.17, 15) is 4.79 Å². The second kappa shape index (κ2) is 9.32. The topological polar surface area (TPSA) is 41.6 Å². The lowest BCUT2D eigenvalue weighted by molar-refractivity contribution is -0.151. The summed E-state index contributed by atoms with van der Waals surface area (Å²) >= 11 is 0. The first-order chi connectivity index (χ1) is 9.24. The van der Waals surface area contributed by atoms with Crippen LogP contribution in [0.15, 0.2) is 0 Å². The first-order valence-corrected chi connectivity index (χ1v) is 7.87. The maximum atomic E-state index is 12.2. The molecule has 1 N–H and O–H groups in total. The van der Waals surface area contributed by atoms with Gasteiger partial charge in [0.15, 0.2) is 0 Å². The van der Waals surface area contributed by atoms with Gasteiger partial charge >= 0.3 is 5.97 Å². The summed E-state index contributed by atoms with van der Waals surface area (Å²) in [6, 6.07) is 0.434. The fraction of sp³-hybridized carbons (Fsp3) is 0.933. The Morgan fingerprint density at radius 2 is 2.16 bits per heavy atom. The van der Waals surface area contributed by atoms with Gasteiger partial charge in [-0.2, -0.15) is 0 Å². The first kappa shape index (κ1) is 16.4. The Balaban J connectivity index is 2.68. The molecule has 19 heavy (non-hydrogen) atoms. The van der Waals surface area contributed by atoms with Gasteiger partial charge in [-0.15, -0.1) is 0 Å². The molecule has 2 atom stereocenters. The monoisotopic (exact) mass is 270 g/mol. The van der Waals surface area contributed by atoms with Crippen LogP contribution >= 0.6 is 0 Å². The minimum absolute atomic E-state index is 0.0345. The number of hydrogen-bond donors (Lipinski definition) is 1. The van der Waals surface area contributed by atoms with Crippen LogP contribution in [0.25, 0.3) is 0 Å². The van der Waals surface area contributed by atoms with Crippen molar-refractivity contribution in [2.75, 3.05) is 26.2 Å². The van der Waals surface area contributed by atoms with E-state index in [4.69, 9.17) is 4.74 Å². The number of hydrogen-bond acceptors (Lipinski definition) is 4. The van der Waals surface area contributed by atoms with E-state index in [2.05, 4.69) is 24.1 Å². The van der Waals surface area contributed by atoms with Crippen LogP contribution in [0.4, 0.5) is 0 Å². The van der Waals surface area contributed by atoms with Crippen LogP contribution in [0, 0.1) is 0 Å². The number of likely N-dealkylation sites (tertiary alicyclic amines) is 1. The van der Waals surface area contributed by atoms with E-state index in [0.29, 0.717) is 12.6 Å². The number of piperidine rings is 1. The van der Waals surface area contributed by atoms with E-state index >= 15 is 0 Å². The van der Waals surface area contributed by atoms with Gasteiger partial charge in [-0.25, -0.2) is 0 Å². The standard InChI is InChI=1S/C15H30N2O2/c1-4-9-14(15(18)19-6-3)17-11-8-7-10-13(17)12-16-5-2/h13-14,16H,4-12H2,1-3H3. The maximum absolute atomic E-state index is 12.2. The molecule has 1 saturated heterocycles. The fourth-order valence-electron chi connectivity index (χ4n) is 2.89. The van der Waals surface area contributed by atoms with Crippen molar-refractivity contribution in [2.45, 2.75) is 65.0 Å². The van der Waals surface area contributed by atoms with Crippen molar-refractivity contribution in [3.63, 3.8) is 0 Å². The molecule has 0 aromatic heterocycles. The van der Waals surface area contributed by atoms with Gasteiger partial charge in [-0.3, -0.25) is 9.69 Å². The molecule has 1 aliphatic heterocycles. The summed E-state index contributed by atoms with van der Waals surface area (Å²) in [4.78, 5) is 14.6. The van der Waals surface area contributed by atoms with Gasteiger partial charge in [0, 0.05) is 12.6 Å². The number of carbonyl (C=O) groups is 1. The Bertz CT molecular complexity index is 259. The van der Waals surface area contributed by atoms with Gasteiger partial charge in [0.1, 0.15) is 6.04 Å². The molecule has 0 aromatic carbocycles. The molecular formula is C15H30N2O2. The third-order valence-electron chi connectivity index (χ3n) is 3.82. The minimum atomic E-state index is -0.0473. The van der Waals surface area contributed by atoms with E-state index in [1.54, 1.807) is 0 Å². The van der Waals surface area contributed by atoms with Gasteiger partial charge in [0.25, 0.3) is 0 Å². The Morgan fingerprint density at radius 1 is 1.37 bits per heavy atom. The summed E-state index contributed by atoms with van der Waals surface area (Å²) < 4.78 is 5.26. The maximum Gasteiger partial charge on any atom is 0.323 e. The van der Waals surface area contributed by atoms with Crippen molar-refractivity contribution >= 4 is 5.97 Å². The number of likely N-dealkylation sites (N-methyl/N-ethyl adjacent to an activating group) is 1. The summed E-state index contributed by atoms with van der Waals surface area (Å²) in [5, 5.41) is 3.42. The highest BCUT2D eigenvalue weighted by Gasteiger charge is 2.33. The highest BCUT2D eigenvalue weighted by atomic mass is 16.5. The lowest BCUT2D eigenvalue weighted by atomic mass is 9.97. The minimum Gasteiger partial charge on any atom is -0.465 e. The van der Waals surface area contributed by atoms with Crippen LogP contribution in [-0.2, 0) is 9.53 Å². The summed E-state index contributed by atoms with van der Waals surface area (Å²) in [7, 11) is 0. The number of esters is 1. The zero-order valence-corrected chi connectivity index (χ0v) is 12.8. The first-order valence-electron chi connectivity index (χ1n) is 7.87.